The topological polar surface area (TPSA) is 63.2 Å². The van der Waals surface area contributed by atoms with Gasteiger partial charge in [0.05, 0.1) is 24.0 Å². The number of nitrogens with one attached hydrogen (secondary N) is 2. The van der Waals surface area contributed by atoms with E-state index in [9.17, 15) is 4.21 Å². The Kier molecular flexibility index (Phi) is 9.11. The fraction of sp³-hybridized carbons (Fsp3) is 0.156. The third kappa shape index (κ3) is 6.21. The number of benzene rings is 4. The maximum Gasteiger partial charge on any atom is 0.118 e. The molecule has 0 aliphatic heterocycles. The van der Waals surface area contributed by atoms with Crippen LogP contribution in [0, 0.1) is 0 Å². The van der Waals surface area contributed by atoms with Crippen LogP contribution in [-0.2, 0) is 17.5 Å². The van der Waals surface area contributed by atoms with Gasteiger partial charge in [-0.3, -0.25) is 0 Å². The number of ether oxygens (including phenoxy) is 1. The van der Waals surface area contributed by atoms with Crippen LogP contribution in [0.2, 0.25) is 0 Å². The number of hydrogen-bond donors (Lipinski definition) is 2. The fourth-order valence-corrected chi connectivity index (χ4v) is 4.76. The summed E-state index contributed by atoms with van der Waals surface area (Å²) in [5.41, 5.74) is 7.52. The first-order valence-electron chi connectivity index (χ1n) is 12.7. The van der Waals surface area contributed by atoms with Crippen LogP contribution in [0.5, 0.6) is 5.75 Å². The van der Waals surface area contributed by atoms with Crippen LogP contribution in [0.3, 0.4) is 0 Å². The summed E-state index contributed by atoms with van der Waals surface area (Å²) in [6, 6.07) is 34.4. The molecular formula is C32H33N3O2S. The molecule has 5 rings (SSSR count). The number of hydrogen-bond acceptors (Lipinski definition) is 4. The van der Waals surface area contributed by atoms with Crippen molar-refractivity contribution in [2.45, 2.75) is 20.4 Å². The predicted octanol–water partition coefficient (Wildman–Crippen LogP) is 7.92. The lowest BCUT2D eigenvalue weighted by atomic mass is 9.95. The molecule has 1 atom stereocenters. The second kappa shape index (κ2) is 12.9. The number of anilines is 2. The van der Waals surface area contributed by atoms with E-state index in [1.165, 1.54) is 0 Å². The zero-order valence-electron chi connectivity index (χ0n) is 22.2. The van der Waals surface area contributed by atoms with Crippen LogP contribution < -0.4 is 14.8 Å². The monoisotopic (exact) mass is 523 g/mol. The molecule has 1 aromatic heterocycles. The number of aromatic nitrogens is 1. The summed E-state index contributed by atoms with van der Waals surface area (Å²) in [4.78, 5) is 5.09. The van der Waals surface area contributed by atoms with Crippen LogP contribution in [-0.4, -0.2) is 22.6 Å². The van der Waals surface area contributed by atoms with Crippen molar-refractivity contribution >= 4 is 33.3 Å². The van der Waals surface area contributed by atoms with Crippen LogP contribution in [0.1, 0.15) is 19.4 Å². The van der Waals surface area contributed by atoms with Gasteiger partial charge in [-0.15, -0.1) is 0 Å². The first-order valence-corrected chi connectivity index (χ1v) is 14.2. The van der Waals surface area contributed by atoms with Gasteiger partial charge in [0, 0.05) is 35.0 Å². The summed E-state index contributed by atoms with van der Waals surface area (Å²) in [7, 11) is 0.390. The highest BCUT2D eigenvalue weighted by Crippen LogP contribution is 2.42. The molecule has 0 aliphatic carbocycles. The van der Waals surface area contributed by atoms with Crippen LogP contribution in [0.15, 0.2) is 103 Å². The molecule has 0 radical (unpaired) electrons. The Balaban J connectivity index is 0.00000164. The van der Waals surface area contributed by atoms with Crippen LogP contribution in [0.4, 0.5) is 11.4 Å². The van der Waals surface area contributed by atoms with Crippen molar-refractivity contribution in [1.29, 1.82) is 0 Å². The van der Waals surface area contributed by atoms with Crippen LogP contribution in [0.25, 0.3) is 33.3 Å². The number of nitrogens with zero attached hydrogens (tertiary/aromatic N) is 1. The van der Waals surface area contributed by atoms with Gasteiger partial charge in [-0.1, -0.05) is 86.6 Å². The average molecular weight is 524 g/mol. The van der Waals surface area contributed by atoms with Crippen molar-refractivity contribution in [3.63, 3.8) is 0 Å². The van der Waals surface area contributed by atoms with Gasteiger partial charge in [-0.05, 0) is 41.5 Å². The molecule has 4 aromatic carbocycles. The smallest absolute Gasteiger partial charge is 0.118 e. The number of methoxy groups -OCH3 is 1. The fourth-order valence-electron chi connectivity index (χ4n) is 4.26. The van der Waals surface area contributed by atoms with E-state index in [1.807, 2.05) is 86.6 Å². The highest BCUT2D eigenvalue weighted by Gasteiger charge is 2.19. The first kappa shape index (κ1) is 26.9. The minimum Gasteiger partial charge on any atom is -0.497 e. The summed E-state index contributed by atoms with van der Waals surface area (Å²) in [5.74, 6) is 0.835. The van der Waals surface area contributed by atoms with Gasteiger partial charge in [0.25, 0.3) is 0 Å². The lowest BCUT2D eigenvalue weighted by Crippen LogP contribution is -2.06. The predicted molar refractivity (Wildman–Crippen MR) is 162 cm³/mol. The second-order valence-electron chi connectivity index (χ2n) is 8.43. The molecule has 0 saturated heterocycles. The van der Waals surface area contributed by atoms with E-state index in [1.54, 1.807) is 13.4 Å². The van der Waals surface area contributed by atoms with E-state index in [4.69, 9.17) is 9.72 Å². The maximum atomic E-state index is 12.5. The third-order valence-electron chi connectivity index (χ3n) is 6.00. The summed E-state index contributed by atoms with van der Waals surface area (Å²) in [6.07, 6.45) is 1.65. The molecule has 0 bridgehead atoms. The highest BCUT2D eigenvalue weighted by molar-refractivity contribution is 7.85. The third-order valence-corrected chi connectivity index (χ3v) is 6.49. The van der Waals surface area contributed by atoms with Crippen molar-refractivity contribution in [1.82, 2.24) is 4.98 Å². The number of pyridine rings is 1. The standard InChI is InChI=1S/C30H27N3O2S.C2H6/c1-35-25-16-13-21(14-17-25)20-31-24-15-18-27-26(19-24)30(33-36(2)34)28(22-9-5-3-6-10-22)29(32-27)23-11-7-4-8-12-23;1-2/h3-19,31H,20H2,1-2H3,(H,32,33);1-2H3. The first-order chi connectivity index (χ1) is 18.6. The lowest BCUT2D eigenvalue weighted by molar-refractivity contribution is 0.414. The average Bonchev–Trinajstić information content (AvgIpc) is 2.98. The molecule has 2 N–H and O–H groups in total. The molecule has 6 heteroatoms. The molecule has 0 amide bonds. The summed E-state index contributed by atoms with van der Waals surface area (Å²) >= 11 is 0. The van der Waals surface area contributed by atoms with Gasteiger partial charge in [0.15, 0.2) is 0 Å². The molecule has 1 heterocycles. The molecule has 1 unspecified atom stereocenters. The van der Waals surface area contributed by atoms with E-state index >= 15 is 0 Å². The molecule has 194 valence electrons. The van der Waals surface area contributed by atoms with E-state index in [-0.39, 0.29) is 0 Å². The van der Waals surface area contributed by atoms with Crippen molar-refractivity contribution in [3.8, 4) is 28.1 Å². The van der Waals surface area contributed by atoms with Crippen molar-refractivity contribution < 1.29 is 8.95 Å². The minimum atomic E-state index is -1.27. The van der Waals surface area contributed by atoms with Gasteiger partial charge in [-0.25, -0.2) is 9.19 Å². The van der Waals surface area contributed by atoms with Gasteiger partial charge < -0.3 is 14.8 Å². The molecule has 0 aliphatic rings. The lowest BCUT2D eigenvalue weighted by Gasteiger charge is -2.19. The van der Waals surface area contributed by atoms with E-state index < -0.39 is 11.0 Å². The van der Waals surface area contributed by atoms with Gasteiger partial charge in [0.2, 0.25) is 0 Å². The Morgan fingerprint density at radius 2 is 1.45 bits per heavy atom. The number of fused-ring (bicyclic) bond motifs is 1. The molecule has 5 aromatic rings. The quantitative estimate of drug-likeness (QED) is 0.217. The van der Waals surface area contributed by atoms with Gasteiger partial charge >= 0.3 is 0 Å². The van der Waals surface area contributed by atoms with Gasteiger partial charge in [-0.2, -0.15) is 0 Å². The minimum absolute atomic E-state index is 0.666. The molecule has 0 fully saturated rings. The van der Waals surface area contributed by atoms with Gasteiger partial charge in [0.1, 0.15) is 16.7 Å². The highest BCUT2D eigenvalue weighted by atomic mass is 32.2. The maximum absolute atomic E-state index is 12.5. The summed E-state index contributed by atoms with van der Waals surface area (Å²) in [5, 5.41) is 4.41. The largest absolute Gasteiger partial charge is 0.497 e. The van der Waals surface area contributed by atoms with E-state index in [2.05, 4.69) is 40.4 Å². The Hall–Kier alpha value is -4.16. The Labute approximate surface area is 227 Å². The van der Waals surface area contributed by atoms with Crippen molar-refractivity contribution in [2.24, 2.45) is 0 Å². The zero-order valence-corrected chi connectivity index (χ0v) is 23.0. The molecular weight excluding hydrogens is 490 g/mol. The Morgan fingerprint density at radius 3 is 2.05 bits per heavy atom. The molecule has 38 heavy (non-hydrogen) atoms. The second-order valence-corrected chi connectivity index (χ2v) is 9.54. The SMILES string of the molecule is CC.COc1ccc(CNc2ccc3nc(-c4ccccc4)c(-c4ccccc4)c(NS(C)=O)c3c2)cc1. The van der Waals surface area contributed by atoms with Crippen molar-refractivity contribution in [2.75, 3.05) is 23.4 Å². The normalized spacial score (nSPS) is 11.3. The number of rotatable bonds is 8. The van der Waals surface area contributed by atoms with E-state index in [0.717, 1.165) is 56.0 Å². The van der Waals surface area contributed by atoms with E-state index in [0.29, 0.717) is 6.54 Å². The Morgan fingerprint density at radius 1 is 0.816 bits per heavy atom. The summed E-state index contributed by atoms with van der Waals surface area (Å²) < 4.78 is 21.0. The van der Waals surface area contributed by atoms with Crippen molar-refractivity contribution in [3.05, 3.63) is 109 Å². The molecule has 5 nitrogen and oxygen atoms in total. The van der Waals surface area contributed by atoms with Crippen LogP contribution >= 0.6 is 0 Å². The zero-order chi connectivity index (χ0) is 26.9. The molecule has 0 spiro atoms. The Bertz CT molecular complexity index is 1510. The summed E-state index contributed by atoms with van der Waals surface area (Å²) in [6.45, 7) is 4.67. The molecule has 0 saturated carbocycles.